The molecule has 8 heteroatoms. The van der Waals surface area contributed by atoms with Crippen LogP contribution in [-0.4, -0.2) is 24.9 Å². The number of aliphatic hydroxyl groups is 1. The van der Waals surface area contributed by atoms with E-state index in [4.69, 9.17) is 14.8 Å². The molecule has 1 N–H and O–H groups in total. The molecule has 0 saturated heterocycles. The van der Waals surface area contributed by atoms with Crippen LogP contribution in [0.25, 0.3) is 11.5 Å². The first-order valence-electron chi connectivity index (χ1n) is 6.78. The third-order valence-electron chi connectivity index (χ3n) is 3.26. The first-order valence-corrected chi connectivity index (χ1v) is 7.77. The minimum absolute atomic E-state index is 0.0482. The highest BCUT2D eigenvalue weighted by atomic mass is 32.2. The number of benzene rings is 1. The van der Waals surface area contributed by atoms with Crippen molar-refractivity contribution in [2.75, 3.05) is 0 Å². The first-order chi connectivity index (χ1) is 11.2. The highest BCUT2D eigenvalue weighted by Gasteiger charge is 2.11. The van der Waals surface area contributed by atoms with E-state index >= 15 is 0 Å². The average molecular weight is 327 g/mol. The number of nitriles is 1. The average Bonchev–Trinajstić information content (AvgIpc) is 3.20. The van der Waals surface area contributed by atoms with Crippen LogP contribution in [0, 0.1) is 11.3 Å². The van der Waals surface area contributed by atoms with Gasteiger partial charge in [0.2, 0.25) is 11.8 Å². The summed E-state index contributed by atoms with van der Waals surface area (Å²) in [5.41, 5.74) is 2.10. The predicted molar refractivity (Wildman–Crippen MR) is 83.1 cm³/mol. The summed E-state index contributed by atoms with van der Waals surface area (Å²) in [5.74, 6) is 1.39. The molecule has 116 valence electrons. The largest absolute Gasteiger partial charge is 0.420 e. The lowest BCUT2D eigenvalue weighted by Gasteiger charge is -2.01. The molecule has 23 heavy (non-hydrogen) atoms. The molecule has 7 nitrogen and oxygen atoms in total. The van der Waals surface area contributed by atoms with E-state index < -0.39 is 0 Å². The van der Waals surface area contributed by atoms with Crippen molar-refractivity contribution in [1.82, 2.24) is 19.7 Å². The van der Waals surface area contributed by atoms with Gasteiger partial charge < -0.3 is 14.1 Å². The second kappa shape index (κ2) is 6.64. The van der Waals surface area contributed by atoms with E-state index in [1.165, 1.54) is 11.8 Å². The Morgan fingerprint density at radius 3 is 2.74 bits per heavy atom. The van der Waals surface area contributed by atoms with Gasteiger partial charge in [-0.2, -0.15) is 5.26 Å². The third kappa shape index (κ3) is 3.26. The van der Waals surface area contributed by atoms with E-state index in [9.17, 15) is 0 Å². The van der Waals surface area contributed by atoms with Gasteiger partial charge >= 0.3 is 0 Å². The molecule has 2 aromatic heterocycles. The monoisotopic (exact) mass is 327 g/mol. The predicted octanol–water partition coefficient (Wildman–Crippen LogP) is 2.13. The molecule has 0 aliphatic rings. The molecule has 3 rings (SSSR count). The summed E-state index contributed by atoms with van der Waals surface area (Å²) >= 11 is 1.45. The Bertz CT molecular complexity index is 848. The van der Waals surface area contributed by atoms with Gasteiger partial charge in [0.25, 0.3) is 0 Å². The van der Waals surface area contributed by atoms with Crippen molar-refractivity contribution in [3.05, 3.63) is 47.6 Å². The zero-order valence-corrected chi connectivity index (χ0v) is 13.1. The van der Waals surface area contributed by atoms with Crippen LogP contribution in [0.15, 0.2) is 40.0 Å². The van der Waals surface area contributed by atoms with Crippen LogP contribution in [0.5, 0.6) is 0 Å². The van der Waals surface area contributed by atoms with Crippen molar-refractivity contribution < 1.29 is 9.52 Å². The molecular formula is C15H13N5O2S. The van der Waals surface area contributed by atoms with Crippen molar-refractivity contribution in [2.24, 2.45) is 7.05 Å². The molecule has 0 radical (unpaired) electrons. The van der Waals surface area contributed by atoms with Gasteiger partial charge in [0.15, 0.2) is 5.16 Å². The van der Waals surface area contributed by atoms with Gasteiger partial charge in [-0.05, 0) is 24.3 Å². The summed E-state index contributed by atoms with van der Waals surface area (Å²) < 4.78 is 7.45. The van der Waals surface area contributed by atoms with E-state index in [0.717, 1.165) is 16.4 Å². The summed E-state index contributed by atoms with van der Waals surface area (Å²) in [4.78, 5) is 4.23. The fraction of sp³-hybridized carbons (Fsp3) is 0.200. The number of rotatable bonds is 5. The lowest BCUT2D eigenvalue weighted by atomic mass is 10.1. The maximum Gasteiger partial charge on any atom is 0.247 e. The van der Waals surface area contributed by atoms with Gasteiger partial charge in [-0.3, -0.25) is 0 Å². The third-order valence-corrected chi connectivity index (χ3v) is 4.29. The highest BCUT2D eigenvalue weighted by Crippen LogP contribution is 2.24. The van der Waals surface area contributed by atoms with E-state index in [1.54, 1.807) is 30.5 Å². The van der Waals surface area contributed by atoms with Gasteiger partial charge in [0, 0.05) is 12.6 Å². The SMILES string of the molecule is Cn1c(CO)cnc1SCc1nnc(-c2ccc(C#N)cc2)o1. The number of aliphatic hydroxyl groups excluding tert-OH is 1. The Morgan fingerprint density at radius 1 is 1.30 bits per heavy atom. The van der Waals surface area contributed by atoms with Crippen molar-refractivity contribution in [3.63, 3.8) is 0 Å². The molecule has 0 saturated carbocycles. The number of hydrogen-bond acceptors (Lipinski definition) is 7. The summed E-state index contributed by atoms with van der Waals surface area (Å²) in [5, 5.41) is 26.8. The van der Waals surface area contributed by atoms with E-state index in [2.05, 4.69) is 21.3 Å². The van der Waals surface area contributed by atoms with Crippen molar-refractivity contribution >= 4 is 11.8 Å². The van der Waals surface area contributed by atoms with Gasteiger partial charge in [-0.15, -0.1) is 10.2 Å². The quantitative estimate of drug-likeness (QED) is 0.716. The zero-order chi connectivity index (χ0) is 16.2. The topological polar surface area (TPSA) is 101 Å². The number of nitrogens with zero attached hydrogens (tertiary/aromatic N) is 5. The molecule has 1 aromatic carbocycles. The van der Waals surface area contributed by atoms with Crippen molar-refractivity contribution in [1.29, 1.82) is 5.26 Å². The Hall–Kier alpha value is -2.63. The molecule has 0 bridgehead atoms. The van der Waals surface area contributed by atoms with E-state index in [0.29, 0.717) is 23.1 Å². The smallest absolute Gasteiger partial charge is 0.247 e. The second-order valence-electron chi connectivity index (χ2n) is 4.73. The van der Waals surface area contributed by atoms with Gasteiger partial charge in [-0.25, -0.2) is 4.98 Å². The molecular weight excluding hydrogens is 314 g/mol. The number of thioether (sulfide) groups is 1. The second-order valence-corrected chi connectivity index (χ2v) is 5.67. The molecule has 0 aliphatic heterocycles. The van der Waals surface area contributed by atoms with Crippen LogP contribution >= 0.6 is 11.8 Å². The van der Waals surface area contributed by atoms with Crippen LogP contribution in [0.3, 0.4) is 0 Å². The summed E-state index contributed by atoms with van der Waals surface area (Å²) in [6.45, 7) is -0.0482. The fourth-order valence-electron chi connectivity index (χ4n) is 1.95. The summed E-state index contributed by atoms with van der Waals surface area (Å²) in [6.07, 6.45) is 1.64. The standard InChI is InChI=1S/C15H13N5O2S/c1-20-12(8-21)7-17-15(20)23-9-13-18-19-14(22-13)11-4-2-10(6-16)3-5-11/h2-5,7,21H,8-9H2,1H3. The van der Waals surface area contributed by atoms with Crippen LogP contribution in [0.4, 0.5) is 0 Å². The lowest BCUT2D eigenvalue weighted by Crippen LogP contribution is -1.97. The van der Waals surface area contributed by atoms with E-state index in [1.807, 2.05) is 11.6 Å². The van der Waals surface area contributed by atoms with Crippen LogP contribution < -0.4 is 0 Å². The highest BCUT2D eigenvalue weighted by molar-refractivity contribution is 7.98. The minimum atomic E-state index is -0.0482. The molecule has 0 spiro atoms. The number of imidazole rings is 1. The Labute approximate surface area is 136 Å². The Morgan fingerprint density at radius 2 is 2.09 bits per heavy atom. The first kappa shape index (κ1) is 15.3. The summed E-state index contributed by atoms with van der Waals surface area (Å²) in [7, 11) is 1.84. The fourth-order valence-corrected chi connectivity index (χ4v) is 2.76. The van der Waals surface area contributed by atoms with Gasteiger partial charge in [0.1, 0.15) is 0 Å². The minimum Gasteiger partial charge on any atom is -0.420 e. The number of hydrogen-bond donors (Lipinski definition) is 1. The van der Waals surface area contributed by atoms with Gasteiger partial charge in [0.05, 0.1) is 35.9 Å². The van der Waals surface area contributed by atoms with Crippen LogP contribution in [0.1, 0.15) is 17.1 Å². The summed E-state index contributed by atoms with van der Waals surface area (Å²) in [6, 6.07) is 9.02. The molecule has 0 fully saturated rings. The molecule has 0 unspecified atom stereocenters. The normalized spacial score (nSPS) is 10.7. The van der Waals surface area contributed by atoms with Crippen LogP contribution in [-0.2, 0) is 19.4 Å². The van der Waals surface area contributed by atoms with E-state index in [-0.39, 0.29) is 6.61 Å². The number of aromatic nitrogens is 4. The maximum absolute atomic E-state index is 9.15. The van der Waals surface area contributed by atoms with Crippen molar-refractivity contribution in [3.8, 4) is 17.5 Å². The maximum atomic E-state index is 9.15. The Kier molecular flexibility index (Phi) is 4.41. The molecule has 3 aromatic rings. The molecule has 0 aliphatic carbocycles. The lowest BCUT2D eigenvalue weighted by molar-refractivity contribution is 0.271. The zero-order valence-electron chi connectivity index (χ0n) is 12.3. The molecule has 2 heterocycles. The molecule has 0 atom stereocenters. The van der Waals surface area contributed by atoms with Gasteiger partial charge in [-0.1, -0.05) is 11.8 Å². The van der Waals surface area contributed by atoms with Crippen molar-refractivity contribution in [2.45, 2.75) is 17.5 Å². The Balaban J connectivity index is 1.69. The van der Waals surface area contributed by atoms with Crippen LogP contribution in [0.2, 0.25) is 0 Å². The molecule has 0 amide bonds.